The van der Waals surface area contributed by atoms with Crippen molar-refractivity contribution >= 4 is 18.5 Å². The van der Waals surface area contributed by atoms with Crippen molar-refractivity contribution in [2.75, 3.05) is 0 Å². The zero-order valence-corrected chi connectivity index (χ0v) is 15.8. The smallest absolute Gasteiger partial charge is 0.429 e. The molecule has 0 N–H and O–H groups in total. The van der Waals surface area contributed by atoms with Crippen molar-refractivity contribution in [3.05, 3.63) is 71.8 Å². The van der Waals surface area contributed by atoms with E-state index in [4.69, 9.17) is 9.47 Å². The third-order valence-electron chi connectivity index (χ3n) is 5.40. The van der Waals surface area contributed by atoms with E-state index in [0.717, 1.165) is 17.4 Å². The van der Waals surface area contributed by atoms with Crippen molar-refractivity contribution in [3.63, 3.8) is 0 Å². The van der Waals surface area contributed by atoms with E-state index in [-0.39, 0.29) is 31.2 Å². The maximum absolute atomic E-state index is 12.8. The number of hydrogen-bond donors (Lipinski definition) is 0. The molecule has 0 aromatic heterocycles. The third kappa shape index (κ3) is 3.94. The Morgan fingerprint density at radius 1 is 0.828 bits per heavy atom. The molecule has 2 amide bonds. The molecule has 4 rings (SSSR count). The average molecular weight is 394 g/mol. The number of rotatable bonds is 5. The predicted molar refractivity (Wildman–Crippen MR) is 103 cm³/mol. The maximum atomic E-state index is 12.8. The van der Waals surface area contributed by atoms with Crippen LogP contribution in [-0.2, 0) is 27.5 Å². The number of carbonyl (C=O) groups excluding carboxylic acids is 3. The van der Waals surface area contributed by atoms with Gasteiger partial charge in [0.05, 0.1) is 12.1 Å². The number of carbonyl (C=O) groups is 3. The van der Waals surface area contributed by atoms with Crippen LogP contribution in [0.4, 0.5) is 9.59 Å². The highest BCUT2D eigenvalue weighted by Gasteiger charge is 2.55. The Kier molecular flexibility index (Phi) is 5.46. The lowest BCUT2D eigenvalue weighted by Gasteiger charge is -2.38. The van der Waals surface area contributed by atoms with Crippen molar-refractivity contribution in [2.45, 2.75) is 38.1 Å². The fourth-order valence-electron chi connectivity index (χ4n) is 4.02. The molecular weight excluding hydrogens is 372 g/mol. The first kappa shape index (κ1) is 19.0. The van der Waals surface area contributed by atoms with Crippen LogP contribution in [0, 0.1) is 5.92 Å². The van der Waals surface area contributed by atoms with Gasteiger partial charge in [0, 0.05) is 5.92 Å². The van der Waals surface area contributed by atoms with E-state index in [2.05, 4.69) is 0 Å². The summed E-state index contributed by atoms with van der Waals surface area (Å²) in [5.41, 5.74) is 1.70. The molecule has 2 fully saturated rings. The molecule has 7 heteroatoms. The van der Waals surface area contributed by atoms with Gasteiger partial charge in [-0.15, -0.1) is 0 Å². The second kappa shape index (κ2) is 8.34. The van der Waals surface area contributed by atoms with E-state index in [1.807, 2.05) is 60.7 Å². The summed E-state index contributed by atoms with van der Waals surface area (Å²) < 4.78 is 10.8. The van der Waals surface area contributed by atoms with Crippen LogP contribution in [0.3, 0.4) is 0 Å². The molecule has 2 aromatic rings. The summed E-state index contributed by atoms with van der Waals surface area (Å²) in [6.07, 6.45) is 0.669. The monoisotopic (exact) mass is 394 g/mol. The Morgan fingerprint density at radius 2 is 1.34 bits per heavy atom. The molecule has 3 atom stereocenters. The number of hydrogen-bond acceptors (Lipinski definition) is 5. The number of ether oxygens (including phenoxy) is 2. The highest BCUT2D eigenvalue weighted by molar-refractivity contribution is 5.77. The molecule has 1 saturated carbocycles. The van der Waals surface area contributed by atoms with Gasteiger partial charge >= 0.3 is 12.2 Å². The van der Waals surface area contributed by atoms with E-state index in [9.17, 15) is 14.4 Å². The molecule has 7 nitrogen and oxygen atoms in total. The van der Waals surface area contributed by atoms with Crippen molar-refractivity contribution < 1.29 is 23.9 Å². The average Bonchev–Trinajstić information content (AvgIpc) is 3.36. The molecule has 1 aliphatic carbocycles. The summed E-state index contributed by atoms with van der Waals surface area (Å²) in [6.45, 7) is 0.198. The summed E-state index contributed by atoms with van der Waals surface area (Å²) in [6, 6.07) is 18.0. The standard InChI is InChI=1S/C22H22N2O5/c25-13-18-11-19-12-20(18)24(22(27)29-15-17-9-5-2-6-10-17)23(19)21(26)28-14-16-7-3-1-4-8-16/h1-10,13,18-20H,11-12,14-15H2/t18-,19+,20+/m0/s1. The fraction of sp³-hybridized carbons (Fsp3) is 0.318. The molecule has 2 bridgehead atoms. The van der Waals surface area contributed by atoms with Gasteiger partial charge in [0.2, 0.25) is 0 Å². The lowest BCUT2D eigenvalue weighted by molar-refractivity contribution is -0.117. The molecule has 29 heavy (non-hydrogen) atoms. The van der Waals surface area contributed by atoms with Gasteiger partial charge < -0.3 is 14.3 Å². The summed E-state index contributed by atoms with van der Waals surface area (Å²) in [7, 11) is 0. The quantitative estimate of drug-likeness (QED) is 0.725. The Morgan fingerprint density at radius 3 is 1.86 bits per heavy atom. The lowest BCUT2D eigenvalue weighted by Crippen LogP contribution is -2.56. The largest absolute Gasteiger partial charge is 0.443 e. The molecule has 0 unspecified atom stereocenters. The van der Waals surface area contributed by atoms with Crippen LogP contribution < -0.4 is 0 Å². The second-order valence-corrected chi connectivity index (χ2v) is 7.26. The van der Waals surface area contributed by atoms with Gasteiger partial charge in [-0.25, -0.2) is 19.6 Å². The number of benzene rings is 2. The zero-order chi connectivity index (χ0) is 20.2. The van der Waals surface area contributed by atoms with E-state index in [1.165, 1.54) is 10.0 Å². The van der Waals surface area contributed by atoms with Gasteiger partial charge in [-0.05, 0) is 24.0 Å². The minimum Gasteiger partial charge on any atom is -0.443 e. The summed E-state index contributed by atoms with van der Waals surface area (Å²) >= 11 is 0. The van der Waals surface area contributed by atoms with E-state index < -0.39 is 12.2 Å². The van der Waals surface area contributed by atoms with Gasteiger partial charge in [0.1, 0.15) is 19.5 Å². The summed E-state index contributed by atoms with van der Waals surface area (Å²) in [5, 5.41) is 2.59. The number of hydrazine groups is 1. The van der Waals surface area contributed by atoms with Crippen LogP contribution in [-0.4, -0.2) is 40.6 Å². The normalized spacial score (nSPS) is 22.4. The highest BCUT2D eigenvalue weighted by Crippen LogP contribution is 2.41. The van der Waals surface area contributed by atoms with Crippen molar-refractivity contribution in [1.82, 2.24) is 10.0 Å². The molecule has 150 valence electrons. The molecule has 0 spiro atoms. The van der Waals surface area contributed by atoms with Crippen LogP contribution >= 0.6 is 0 Å². The van der Waals surface area contributed by atoms with Crippen LogP contribution in [0.1, 0.15) is 24.0 Å². The summed E-state index contributed by atoms with van der Waals surface area (Å²) in [4.78, 5) is 37.0. The Labute approximate surface area is 168 Å². The van der Waals surface area contributed by atoms with Crippen LogP contribution in [0.25, 0.3) is 0 Å². The number of fused-ring (bicyclic) bond motifs is 2. The molecule has 2 aromatic carbocycles. The Hall–Kier alpha value is -3.35. The van der Waals surface area contributed by atoms with Crippen LogP contribution in [0.15, 0.2) is 60.7 Å². The van der Waals surface area contributed by atoms with E-state index in [1.54, 1.807) is 0 Å². The topological polar surface area (TPSA) is 76.2 Å². The number of aldehydes is 1. The lowest BCUT2D eigenvalue weighted by atomic mass is 10.0. The van der Waals surface area contributed by atoms with Gasteiger partial charge in [-0.3, -0.25) is 0 Å². The SMILES string of the molecule is O=C[C@@H]1C[C@@H]2C[C@H]1N(C(=O)OCc1ccccc1)N2C(=O)OCc1ccccc1. The molecule has 1 heterocycles. The zero-order valence-electron chi connectivity index (χ0n) is 15.8. The first-order chi connectivity index (χ1) is 14.2. The predicted octanol–water partition coefficient (Wildman–Crippen LogP) is 3.54. The van der Waals surface area contributed by atoms with E-state index >= 15 is 0 Å². The molecule has 1 aliphatic heterocycles. The molecule has 0 radical (unpaired) electrons. The van der Waals surface area contributed by atoms with E-state index in [0.29, 0.717) is 12.8 Å². The van der Waals surface area contributed by atoms with Crippen molar-refractivity contribution in [2.24, 2.45) is 5.92 Å². The minimum absolute atomic E-state index is 0.0895. The van der Waals surface area contributed by atoms with Gasteiger partial charge in [0.25, 0.3) is 0 Å². The summed E-state index contributed by atoms with van der Waals surface area (Å²) in [5.74, 6) is -0.303. The first-order valence-electron chi connectivity index (χ1n) is 9.62. The number of nitrogens with zero attached hydrogens (tertiary/aromatic N) is 2. The van der Waals surface area contributed by atoms with Crippen LogP contribution in [0.2, 0.25) is 0 Å². The fourth-order valence-corrected chi connectivity index (χ4v) is 4.02. The Bertz CT molecular complexity index is 873. The van der Waals surface area contributed by atoms with Gasteiger partial charge in [-0.2, -0.15) is 0 Å². The first-order valence-corrected chi connectivity index (χ1v) is 9.62. The molecule has 2 aliphatic rings. The molecule has 1 saturated heterocycles. The van der Waals surface area contributed by atoms with Crippen molar-refractivity contribution in [1.29, 1.82) is 0 Å². The van der Waals surface area contributed by atoms with Gasteiger partial charge in [0.15, 0.2) is 0 Å². The number of amides is 2. The van der Waals surface area contributed by atoms with Crippen molar-refractivity contribution in [3.8, 4) is 0 Å². The van der Waals surface area contributed by atoms with Crippen LogP contribution in [0.5, 0.6) is 0 Å². The highest BCUT2D eigenvalue weighted by atomic mass is 16.6. The van der Waals surface area contributed by atoms with Gasteiger partial charge in [-0.1, -0.05) is 60.7 Å². The minimum atomic E-state index is -0.649. The second-order valence-electron chi connectivity index (χ2n) is 7.26. The maximum Gasteiger partial charge on any atom is 0.429 e. The Balaban J connectivity index is 1.45. The third-order valence-corrected chi connectivity index (χ3v) is 5.40. The molecular formula is C22H22N2O5.